The Bertz CT molecular complexity index is 524. The van der Waals surface area contributed by atoms with E-state index in [0.717, 1.165) is 18.4 Å². The van der Waals surface area contributed by atoms with Gasteiger partial charge in [-0.15, -0.1) is 0 Å². The van der Waals surface area contributed by atoms with Crippen molar-refractivity contribution in [2.24, 2.45) is 0 Å². The van der Waals surface area contributed by atoms with Crippen molar-refractivity contribution in [2.45, 2.75) is 11.4 Å². The highest BCUT2D eigenvalue weighted by Gasteiger charge is 2.29. The molecule has 0 bridgehead atoms. The molecule has 0 amide bonds. The molecule has 100 valence electrons. The number of nitrogens with zero attached hydrogens (tertiary/aromatic N) is 1. The van der Waals surface area contributed by atoms with Crippen LogP contribution in [0.25, 0.3) is 0 Å². The summed E-state index contributed by atoms with van der Waals surface area (Å²) in [5.41, 5.74) is 0.0379. The smallest absolute Gasteiger partial charge is 0.269 e. The van der Waals surface area contributed by atoms with E-state index in [1.165, 1.54) is 12.1 Å². The van der Waals surface area contributed by atoms with E-state index in [1.54, 1.807) is 0 Å². The molecule has 0 radical (unpaired) electrons. The maximum Gasteiger partial charge on any atom is 0.269 e. The van der Waals surface area contributed by atoms with Crippen LogP contribution in [-0.2, 0) is 9.84 Å². The standard InChI is InChI=1S/C10H13NO6S/c1-18(16,17)9(6-12)10(13)7-2-4-8(5-3-7)11(14)15/h2-5,9-10,12-13H,6H2,1H3/t9-,10+/m0/s1. The quantitative estimate of drug-likeness (QED) is 0.578. The molecule has 0 aliphatic carbocycles. The van der Waals surface area contributed by atoms with Crippen LogP contribution in [0, 0.1) is 10.1 Å². The Morgan fingerprint density at radius 3 is 2.17 bits per heavy atom. The van der Waals surface area contributed by atoms with E-state index in [9.17, 15) is 23.6 Å². The molecule has 0 unspecified atom stereocenters. The summed E-state index contributed by atoms with van der Waals surface area (Å²) in [5, 5.41) is 27.9. The molecule has 18 heavy (non-hydrogen) atoms. The number of non-ortho nitro benzene ring substituents is 1. The predicted octanol–water partition coefficient (Wildman–Crippen LogP) is 0.0337. The van der Waals surface area contributed by atoms with Crippen LogP contribution < -0.4 is 0 Å². The lowest BCUT2D eigenvalue weighted by molar-refractivity contribution is -0.384. The Balaban J connectivity index is 3.03. The van der Waals surface area contributed by atoms with Gasteiger partial charge >= 0.3 is 0 Å². The molecule has 0 heterocycles. The zero-order valence-corrected chi connectivity index (χ0v) is 10.4. The van der Waals surface area contributed by atoms with Gasteiger partial charge in [-0.2, -0.15) is 0 Å². The number of nitro groups is 1. The molecule has 8 heteroatoms. The first kappa shape index (κ1) is 14.6. The van der Waals surface area contributed by atoms with E-state index >= 15 is 0 Å². The summed E-state index contributed by atoms with van der Waals surface area (Å²) in [6.07, 6.45) is -0.520. The molecular weight excluding hydrogens is 262 g/mol. The number of benzene rings is 1. The molecule has 0 saturated heterocycles. The summed E-state index contributed by atoms with van der Waals surface area (Å²) in [5.74, 6) is 0. The van der Waals surface area contributed by atoms with Crippen molar-refractivity contribution in [2.75, 3.05) is 12.9 Å². The van der Waals surface area contributed by atoms with Gasteiger partial charge in [-0.3, -0.25) is 10.1 Å². The van der Waals surface area contributed by atoms with Gasteiger partial charge in [-0.05, 0) is 17.7 Å². The third kappa shape index (κ3) is 3.25. The lowest BCUT2D eigenvalue weighted by Crippen LogP contribution is -2.31. The van der Waals surface area contributed by atoms with E-state index < -0.39 is 32.7 Å². The lowest BCUT2D eigenvalue weighted by Gasteiger charge is -2.19. The molecule has 0 spiro atoms. The molecule has 7 nitrogen and oxygen atoms in total. The second-order valence-corrected chi connectivity index (χ2v) is 6.11. The van der Waals surface area contributed by atoms with E-state index in [0.29, 0.717) is 0 Å². The lowest BCUT2D eigenvalue weighted by atomic mass is 10.1. The third-order valence-corrected chi connectivity index (χ3v) is 4.03. The largest absolute Gasteiger partial charge is 0.395 e. The van der Waals surface area contributed by atoms with Gasteiger partial charge in [0.25, 0.3) is 5.69 Å². The van der Waals surface area contributed by atoms with Crippen molar-refractivity contribution in [1.29, 1.82) is 0 Å². The van der Waals surface area contributed by atoms with Crippen LogP contribution in [0.3, 0.4) is 0 Å². The van der Waals surface area contributed by atoms with Gasteiger partial charge in [-0.1, -0.05) is 0 Å². The Morgan fingerprint density at radius 1 is 1.33 bits per heavy atom. The maximum atomic E-state index is 11.3. The van der Waals surface area contributed by atoms with Crippen LogP contribution in [-0.4, -0.2) is 41.7 Å². The van der Waals surface area contributed by atoms with Gasteiger partial charge in [0.15, 0.2) is 9.84 Å². The number of sulfone groups is 1. The van der Waals surface area contributed by atoms with Gasteiger partial charge in [0.05, 0.1) is 17.6 Å². The molecule has 1 aromatic carbocycles. The highest BCUT2D eigenvalue weighted by Crippen LogP contribution is 2.23. The number of hydrogen-bond donors (Lipinski definition) is 2. The minimum atomic E-state index is -3.62. The van der Waals surface area contributed by atoms with Crippen molar-refractivity contribution in [3.8, 4) is 0 Å². The van der Waals surface area contributed by atoms with Crippen molar-refractivity contribution in [1.82, 2.24) is 0 Å². The van der Waals surface area contributed by atoms with Gasteiger partial charge in [0, 0.05) is 18.4 Å². The summed E-state index contributed by atoms with van der Waals surface area (Å²) >= 11 is 0. The average molecular weight is 275 g/mol. The van der Waals surface area contributed by atoms with Gasteiger partial charge in [0.2, 0.25) is 0 Å². The number of nitro benzene ring substituents is 1. The SMILES string of the molecule is CS(=O)(=O)[C@@H](CO)[C@H](O)c1ccc([N+](=O)[O-])cc1. The van der Waals surface area contributed by atoms with Gasteiger partial charge in [-0.25, -0.2) is 8.42 Å². The summed E-state index contributed by atoms with van der Waals surface area (Å²) in [4.78, 5) is 9.84. The van der Waals surface area contributed by atoms with E-state index in [1.807, 2.05) is 0 Å². The summed E-state index contributed by atoms with van der Waals surface area (Å²) in [7, 11) is -3.62. The Kier molecular flexibility index (Phi) is 4.38. The highest BCUT2D eigenvalue weighted by molar-refractivity contribution is 7.91. The molecule has 0 aromatic heterocycles. The molecule has 0 aliphatic rings. The molecular formula is C10H13NO6S. The summed E-state index contributed by atoms with van der Waals surface area (Å²) < 4.78 is 22.6. The zero-order valence-electron chi connectivity index (χ0n) is 9.55. The summed E-state index contributed by atoms with van der Waals surface area (Å²) in [6.45, 7) is -0.725. The Hall–Kier alpha value is -1.51. The van der Waals surface area contributed by atoms with Gasteiger partial charge < -0.3 is 10.2 Å². The van der Waals surface area contributed by atoms with Crippen molar-refractivity contribution < 1.29 is 23.6 Å². The fourth-order valence-corrected chi connectivity index (χ4v) is 2.37. The van der Waals surface area contributed by atoms with E-state index in [2.05, 4.69) is 0 Å². The second kappa shape index (κ2) is 5.42. The Morgan fingerprint density at radius 2 is 1.83 bits per heavy atom. The fourth-order valence-electron chi connectivity index (χ4n) is 1.48. The normalized spacial score (nSPS) is 15.1. The van der Waals surface area contributed by atoms with Crippen molar-refractivity contribution >= 4 is 15.5 Å². The highest BCUT2D eigenvalue weighted by atomic mass is 32.2. The third-order valence-electron chi connectivity index (χ3n) is 2.53. The van der Waals surface area contributed by atoms with E-state index in [-0.39, 0.29) is 11.3 Å². The Labute approximate surface area is 104 Å². The number of aliphatic hydroxyl groups is 2. The van der Waals surface area contributed by atoms with Gasteiger partial charge in [0.1, 0.15) is 5.25 Å². The maximum absolute atomic E-state index is 11.3. The number of hydrogen-bond acceptors (Lipinski definition) is 6. The van der Waals surface area contributed by atoms with Crippen LogP contribution in [0.2, 0.25) is 0 Å². The molecule has 0 fully saturated rings. The van der Waals surface area contributed by atoms with Crippen LogP contribution in [0.1, 0.15) is 11.7 Å². The topological polar surface area (TPSA) is 118 Å². The molecule has 1 aromatic rings. The molecule has 2 N–H and O–H groups in total. The van der Waals surface area contributed by atoms with Crippen LogP contribution in [0.5, 0.6) is 0 Å². The monoisotopic (exact) mass is 275 g/mol. The average Bonchev–Trinajstić information content (AvgIpc) is 2.28. The van der Waals surface area contributed by atoms with E-state index in [4.69, 9.17) is 5.11 Å². The van der Waals surface area contributed by atoms with Crippen LogP contribution >= 0.6 is 0 Å². The summed E-state index contributed by atoms with van der Waals surface area (Å²) in [6, 6.07) is 4.85. The minimum Gasteiger partial charge on any atom is -0.395 e. The van der Waals surface area contributed by atoms with Crippen molar-refractivity contribution in [3.05, 3.63) is 39.9 Å². The second-order valence-electron chi connectivity index (χ2n) is 3.84. The fraction of sp³-hybridized carbons (Fsp3) is 0.400. The van der Waals surface area contributed by atoms with Crippen LogP contribution in [0.15, 0.2) is 24.3 Å². The molecule has 1 rings (SSSR count). The minimum absolute atomic E-state index is 0.161. The van der Waals surface area contributed by atoms with Crippen LogP contribution in [0.4, 0.5) is 5.69 Å². The first-order valence-electron chi connectivity index (χ1n) is 4.99. The first-order chi connectivity index (χ1) is 8.27. The number of aliphatic hydroxyl groups excluding tert-OH is 2. The zero-order chi connectivity index (χ0) is 13.9. The molecule has 0 aliphatic heterocycles. The van der Waals surface area contributed by atoms with Crippen molar-refractivity contribution in [3.63, 3.8) is 0 Å². The molecule has 2 atom stereocenters. The molecule has 0 saturated carbocycles. The first-order valence-corrected chi connectivity index (χ1v) is 6.95. The number of rotatable bonds is 5. The predicted molar refractivity (Wildman–Crippen MR) is 63.8 cm³/mol.